The quantitative estimate of drug-likeness (QED) is 0.452. The third kappa shape index (κ3) is 6.09. The van der Waals surface area contributed by atoms with E-state index < -0.39 is 0 Å². The van der Waals surface area contributed by atoms with Crippen LogP contribution in [0.2, 0.25) is 0 Å². The second kappa shape index (κ2) is 11.0. The second-order valence-electron chi connectivity index (χ2n) is 9.72. The summed E-state index contributed by atoms with van der Waals surface area (Å²) >= 11 is 0. The molecule has 3 aromatic rings. The molecule has 1 aliphatic heterocycles. The van der Waals surface area contributed by atoms with Gasteiger partial charge in [-0.1, -0.05) is 36.8 Å². The number of hydrogen-bond donors (Lipinski definition) is 1. The van der Waals surface area contributed by atoms with Crippen LogP contribution in [-0.4, -0.2) is 53.1 Å². The van der Waals surface area contributed by atoms with Gasteiger partial charge in [0.2, 0.25) is 5.91 Å². The molecule has 2 aromatic carbocycles. The molecule has 0 spiro atoms. The van der Waals surface area contributed by atoms with Crippen molar-refractivity contribution in [3.63, 3.8) is 0 Å². The van der Waals surface area contributed by atoms with Crippen LogP contribution in [0.25, 0.3) is 22.3 Å². The Kier molecular flexibility index (Phi) is 7.42. The Morgan fingerprint density at radius 1 is 1.06 bits per heavy atom. The van der Waals surface area contributed by atoms with Gasteiger partial charge in [-0.05, 0) is 69.3 Å². The fraction of sp³-hybridized carbons (Fsp3) is 0.464. The van der Waals surface area contributed by atoms with Crippen molar-refractivity contribution in [2.45, 2.75) is 45.1 Å². The Morgan fingerprint density at radius 3 is 2.63 bits per heavy atom. The summed E-state index contributed by atoms with van der Waals surface area (Å²) in [5.74, 6) is 1.57. The maximum absolute atomic E-state index is 13.6. The first-order valence-electron chi connectivity index (χ1n) is 12.9. The van der Waals surface area contributed by atoms with Crippen LogP contribution in [0.4, 0.5) is 0 Å². The molecular formula is C28H34N4O3. The second-order valence-corrected chi connectivity index (χ2v) is 9.72. The van der Waals surface area contributed by atoms with Crippen molar-refractivity contribution in [1.82, 2.24) is 19.8 Å². The molecule has 7 nitrogen and oxygen atoms in total. The van der Waals surface area contributed by atoms with E-state index in [1.54, 1.807) is 6.07 Å². The highest BCUT2D eigenvalue weighted by molar-refractivity contribution is 5.82. The molecule has 1 saturated carbocycles. The van der Waals surface area contributed by atoms with Gasteiger partial charge in [-0.25, -0.2) is 4.98 Å². The Bertz CT molecular complexity index is 1210. The van der Waals surface area contributed by atoms with Gasteiger partial charge in [0, 0.05) is 18.7 Å². The number of benzene rings is 2. The highest BCUT2D eigenvalue weighted by atomic mass is 16.5. The minimum atomic E-state index is -0.228. The van der Waals surface area contributed by atoms with E-state index in [1.165, 1.54) is 36.9 Å². The van der Waals surface area contributed by atoms with Crippen molar-refractivity contribution in [1.29, 1.82) is 0 Å². The molecule has 0 unspecified atom stereocenters. The van der Waals surface area contributed by atoms with E-state index in [0.29, 0.717) is 41.5 Å². The number of amides is 1. The first-order valence-corrected chi connectivity index (χ1v) is 12.9. The average Bonchev–Trinajstić information content (AvgIpc) is 3.73. The van der Waals surface area contributed by atoms with Crippen LogP contribution in [0.3, 0.4) is 0 Å². The van der Waals surface area contributed by atoms with Crippen molar-refractivity contribution < 1.29 is 9.53 Å². The number of likely N-dealkylation sites (tertiary alicyclic amines) is 1. The fourth-order valence-corrected chi connectivity index (χ4v) is 4.68. The lowest BCUT2D eigenvalue weighted by Gasteiger charge is -2.26. The molecule has 1 amide bonds. The normalized spacial score (nSPS) is 16.3. The molecule has 1 aliphatic carbocycles. The van der Waals surface area contributed by atoms with Gasteiger partial charge in [0.15, 0.2) is 0 Å². The number of carbonyl (C=O) groups excluding carboxylic acids is 1. The summed E-state index contributed by atoms with van der Waals surface area (Å²) in [5.41, 5.74) is 1.18. The van der Waals surface area contributed by atoms with Crippen LogP contribution in [0.1, 0.15) is 38.5 Å². The zero-order valence-corrected chi connectivity index (χ0v) is 20.2. The Hall–Kier alpha value is -3.19. The van der Waals surface area contributed by atoms with Crippen molar-refractivity contribution in [2.75, 3.05) is 32.8 Å². The summed E-state index contributed by atoms with van der Waals surface area (Å²) in [6, 6.07) is 15.0. The van der Waals surface area contributed by atoms with Gasteiger partial charge in [0.05, 0.1) is 17.5 Å². The zero-order chi connectivity index (χ0) is 24.0. The molecule has 5 rings (SSSR count). The molecular weight excluding hydrogens is 440 g/mol. The summed E-state index contributed by atoms with van der Waals surface area (Å²) in [6.45, 7) is 4.62. The standard InChI is InChI=1S/C28H34N4O3/c33-26(29-19-21-10-11-21)20-32-27(22-8-3-1-4-9-22)30-25-13-12-23(18-24(25)28(32)34)35-17-7-16-31-14-5-2-6-15-31/h1,3-4,8-9,12-13,18,21H,2,5-7,10-11,14-17,19-20H2,(H,29,33). The lowest BCUT2D eigenvalue weighted by molar-refractivity contribution is -0.121. The molecule has 2 aliphatic rings. The van der Waals surface area contributed by atoms with Crippen LogP contribution in [-0.2, 0) is 11.3 Å². The first kappa shape index (κ1) is 23.5. The van der Waals surface area contributed by atoms with Crippen LogP contribution >= 0.6 is 0 Å². The molecule has 35 heavy (non-hydrogen) atoms. The molecule has 1 N–H and O–H groups in total. The largest absolute Gasteiger partial charge is 0.494 e. The molecule has 7 heteroatoms. The fourth-order valence-electron chi connectivity index (χ4n) is 4.68. The summed E-state index contributed by atoms with van der Waals surface area (Å²) in [7, 11) is 0. The smallest absolute Gasteiger partial charge is 0.262 e. The number of carbonyl (C=O) groups is 1. The minimum Gasteiger partial charge on any atom is -0.494 e. The Labute approximate surface area is 206 Å². The van der Waals surface area contributed by atoms with Gasteiger partial charge in [-0.15, -0.1) is 0 Å². The number of hydrogen-bond acceptors (Lipinski definition) is 5. The summed E-state index contributed by atoms with van der Waals surface area (Å²) in [6.07, 6.45) is 7.18. The molecule has 1 saturated heterocycles. The highest BCUT2D eigenvalue weighted by Crippen LogP contribution is 2.27. The molecule has 1 aromatic heterocycles. The predicted octanol–water partition coefficient (Wildman–Crippen LogP) is 3.84. The molecule has 0 bridgehead atoms. The van der Waals surface area contributed by atoms with Gasteiger partial charge in [-0.2, -0.15) is 0 Å². The molecule has 0 atom stereocenters. The number of fused-ring (bicyclic) bond motifs is 1. The van der Waals surface area contributed by atoms with E-state index in [1.807, 2.05) is 42.5 Å². The predicted molar refractivity (Wildman–Crippen MR) is 138 cm³/mol. The maximum atomic E-state index is 13.6. The van der Waals surface area contributed by atoms with Crippen LogP contribution < -0.4 is 15.6 Å². The van der Waals surface area contributed by atoms with Gasteiger partial charge < -0.3 is 15.0 Å². The van der Waals surface area contributed by atoms with E-state index in [9.17, 15) is 9.59 Å². The van der Waals surface area contributed by atoms with E-state index in [4.69, 9.17) is 9.72 Å². The molecule has 0 radical (unpaired) electrons. The summed E-state index contributed by atoms with van der Waals surface area (Å²) < 4.78 is 7.47. The maximum Gasteiger partial charge on any atom is 0.262 e. The average molecular weight is 475 g/mol. The van der Waals surface area contributed by atoms with Crippen molar-refractivity contribution in [3.8, 4) is 17.1 Å². The number of rotatable bonds is 10. The summed E-state index contributed by atoms with van der Waals surface area (Å²) in [5, 5.41) is 3.43. The lowest BCUT2D eigenvalue weighted by Crippen LogP contribution is -2.34. The minimum absolute atomic E-state index is 0.0559. The summed E-state index contributed by atoms with van der Waals surface area (Å²) in [4.78, 5) is 33.5. The SMILES string of the molecule is O=C(Cn1c(-c2ccccc2)nc2ccc(OCCCN3CCCCC3)cc2c1=O)NCC1CC1. The van der Waals surface area contributed by atoms with E-state index in [0.717, 1.165) is 31.4 Å². The van der Waals surface area contributed by atoms with Gasteiger partial charge >= 0.3 is 0 Å². The third-order valence-electron chi connectivity index (χ3n) is 6.88. The molecule has 2 fully saturated rings. The first-order chi connectivity index (χ1) is 17.2. The van der Waals surface area contributed by atoms with Crippen molar-refractivity contribution in [3.05, 3.63) is 58.9 Å². The van der Waals surface area contributed by atoms with Crippen LogP contribution in [0.15, 0.2) is 53.3 Å². The Morgan fingerprint density at radius 2 is 1.86 bits per heavy atom. The molecule has 2 heterocycles. The van der Waals surface area contributed by atoms with E-state index in [-0.39, 0.29) is 18.0 Å². The van der Waals surface area contributed by atoms with Crippen LogP contribution in [0, 0.1) is 5.92 Å². The topological polar surface area (TPSA) is 76.5 Å². The van der Waals surface area contributed by atoms with E-state index in [2.05, 4.69) is 10.2 Å². The Balaban J connectivity index is 1.35. The number of nitrogens with one attached hydrogen (secondary N) is 1. The van der Waals surface area contributed by atoms with Gasteiger partial charge in [0.1, 0.15) is 18.1 Å². The van der Waals surface area contributed by atoms with Crippen molar-refractivity contribution >= 4 is 16.8 Å². The van der Waals surface area contributed by atoms with Gasteiger partial charge in [-0.3, -0.25) is 14.2 Å². The third-order valence-corrected chi connectivity index (χ3v) is 6.88. The highest BCUT2D eigenvalue weighted by Gasteiger charge is 2.22. The van der Waals surface area contributed by atoms with E-state index >= 15 is 0 Å². The number of aromatic nitrogens is 2. The number of nitrogens with zero attached hydrogens (tertiary/aromatic N) is 3. The van der Waals surface area contributed by atoms with Crippen LogP contribution in [0.5, 0.6) is 5.75 Å². The molecule has 184 valence electrons. The van der Waals surface area contributed by atoms with Gasteiger partial charge in [0.25, 0.3) is 5.56 Å². The lowest BCUT2D eigenvalue weighted by atomic mass is 10.1. The van der Waals surface area contributed by atoms with Crippen molar-refractivity contribution in [2.24, 2.45) is 5.92 Å². The number of piperidine rings is 1. The zero-order valence-electron chi connectivity index (χ0n) is 20.2. The monoisotopic (exact) mass is 474 g/mol. The number of ether oxygens (including phenoxy) is 1.